The Morgan fingerprint density at radius 2 is 1.17 bits per heavy atom. The normalized spacial score (nSPS) is 11.0. The van der Waals surface area contributed by atoms with Gasteiger partial charge in [-0.25, -0.2) is 9.59 Å². The van der Waals surface area contributed by atoms with Gasteiger partial charge in [-0.3, -0.25) is 0 Å². The Hall–Kier alpha value is -4.81. The molecule has 46 heavy (non-hydrogen) atoms. The molecule has 0 saturated heterocycles. The van der Waals surface area contributed by atoms with Gasteiger partial charge < -0.3 is 33.9 Å². The topological polar surface area (TPSA) is 121 Å². The van der Waals surface area contributed by atoms with Gasteiger partial charge >= 0.3 is 18.1 Å². The summed E-state index contributed by atoms with van der Waals surface area (Å²) in [5.41, 5.74) is 2.99. The van der Waals surface area contributed by atoms with Gasteiger partial charge in [0.25, 0.3) is 0 Å². The number of ether oxygens (including phenoxy) is 5. The number of unbranched alkanes of at least 4 members (excludes halogenated alkanes) is 1. The van der Waals surface area contributed by atoms with E-state index in [1.807, 2.05) is 24.3 Å². The maximum atomic E-state index is 12.3. The van der Waals surface area contributed by atoms with Crippen molar-refractivity contribution < 1.29 is 56.7 Å². The fourth-order valence-electron chi connectivity index (χ4n) is 3.91. The highest BCUT2D eigenvalue weighted by molar-refractivity contribution is 5.88. The van der Waals surface area contributed by atoms with E-state index in [-0.39, 0.29) is 35.7 Å². The average Bonchev–Trinajstić information content (AvgIpc) is 3.05. The second-order valence-electron chi connectivity index (χ2n) is 10.1. The van der Waals surface area contributed by atoms with Crippen molar-refractivity contribution in [1.29, 1.82) is 0 Å². The summed E-state index contributed by atoms with van der Waals surface area (Å²) in [6.07, 6.45) is -3.75. The van der Waals surface area contributed by atoms with Gasteiger partial charge in [0.15, 0.2) is 0 Å². The first-order chi connectivity index (χ1) is 22.0. The largest absolute Gasteiger partial charge is 0.489 e. The van der Waals surface area contributed by atoms with Crippen molar-refractivity contribution in [2.24, 2.45) is 0 Å². The summed E-state index contributed by atoms with van der Waals surface area (Å²) < 4.78 is 63.8. The van der Waals surface area contributed by atoms with Crippen LogP contribution in [0.4, 0.5) is 13.2 Å². The molecule has 0 radical (unpaired) electrons. The van der Waals surface area contributed by atoms with Crippen molar-refractivity contribution in [3.05, 3.63) is 102 Å². The van der Waals surface area contributed by atoms with Crippen LogP contribution in [0.2, 0.25) is 0 Å². The Morgan fingerprint density at radius 3 is 1.67 bits per heavy atom. The lowest BCUT2D eigenvalue weighted by Crippen LogP contribution is -2.14. The van der Waals surface area contributed by atoms with Crippen LogP contribution in [0.15, 0.2) is 91.0 Å². The predicted molar refractivity (Wildman–Crippen MR) is 162 cm³/mol. The number of halogens is 3. The standard InChI is InChI=1S/C34H35F3O9/c1-23(18-38)32(40)45-21-43-30-15-28(16-31(17-30)44-22-46-33(41)24(2)19-39)27-10-12-29(13-11-27)42-20-26-8-6-25(7-9-26)5-3-4-14-34(35,36)37/h6-13,15-17,38-39H,1-5,14,18-22H2. The summed E-state index contributed by atoms with van der Waals surface area (Å²) >= 11 is 0. The predicted octanol–water partition coefficient (Wildman–Crippen LogP) is 6.06. The van der Waals surface area contributed by atoms with E-state index in [4.69, 9.17) is 33.9 Å². The molecule has 2 N–H and O–H groups in total. The second-order valence-corrected chi connectivity index (χ2v) is 10.1. The molecule has 12 heteroatoms. The van der Waals surface area contributed by atoms with Gasteiger partial charge in [-0.1, -0.05) is 49.6 Å². The fraction of sp³-hybridized carbons (Fsp3) is 0.294. The van der Waals surface area contributed by atoms with Crippen molar-refractivity contribution in [3.63, 3.8) is 0 Å². The number of aliphatic hydroxyl groups is 2. The number of hydrogen-bond donors (Lipinski definition) is 2. The maximum Gasteiger partial charge on any atom is 0.389 e. The summed E-state index contributed by atoms with van der Waals surface area (Å²) in [6, 6.07) is 19.5. The number of carbonyl (C=O) groups is 2. The highest BCUT2D eigenvalue weighted by Gasteiger charge is 2.25. The van der Waals surface area contributed by atoms with Gasteiger partial charge in [0.1, 0.15) is 23.9 Å². The molecule has 0 amide bonds. The van der Waals surface area contributed by atoms with Crippen molar-refractivity contribution in [2.45, 2.75) is 38.5 Å². The number of carbonyl (C=O) groups excluding carboxylic acids is 2. The Kier molecular flexibility index (Phi) is 13.7. The van der Waals surface area contributed by atoms with Crippen LogP contribution in [0.3, 0.4) is 0 Å². The first-order valence-electron chi connectivity index (χ1n) is 14.2. The van der Waals surface area contributed by atoms with Gasteiger partial charge in [0, 0.05) is 12.5 Å². The third-order valence-electron chi connectivity index (χ3n) is 6.46. The molecule has 3 aromatic carbocycles. The summed E-state index contributed by atoms with van der Waals surface area (Å²) in [6.45, 7) is 5.00. The van der Waals surface area contributed by atoms with Crippen LogP contribution in [-0.2, 0) is 32.1 Å². The van der Waals surface area contributed by atoms with Crippen molar-refractivity contribution in [2.75, 3.05) is 26.8 Å². The van der Waals surface area contributed by atoms with E-state index in [1.165, 1.54) is 6.07 Å². The number of alkyl halides is 3. The van der Waals surface area contributed by atoms with E-state index in [9.17, 15) is 22.8 Å². The zero-order valence-electron chi connectivity index (χ0n) is 25.0. The molecule has 9 nitrogen and oxygen atoms in total. The molecular formula is C34H35F3O9. The van der Waals surface area contributed by atoms with Crippen molar-refractivity contribution in [1.82, 2.24) is 0 Å². The van der Waals surface area contributed by atoms with E-state index in [0.717, 1.165) is 16.7 Å². The van der Waals surface area contributed by atoms with Crippen LogP contribution in [0.25, 0.3) is 11.1 Å². The van der Waals surface area contributed by atoms with Gasteiger partial charge in [0.2, 0.25) is 13.6 Å². The van der Waals surface area contributed by atoms with Crippen LogP contribution in [0.1, 0.15) is 30.4 Å². The molecule has 0 saturated carbocycles. The minimum absolute atomic E-state index is 0.102. The molecule has 0 aliphatic heterocycles. The Morgan fingerprint density at radius 1 is 0.652 bits per heavy atom. The Labute approximate surface area is 264 Å². The smallest absolute Gasteiger partial charge is 0.389 e. The number of esters is 2. The first-order valence-corrected chi connectivity index (χ1v) is 14.2. The molecule has 0 aliphatic rings. The second kappa shape index (κ2) is 17.6. The number of aryl methyl sites for hydroxylation is 1. The SMILES string of the molecule is C=C(CO)C(=O)OCOc1cc(OCOC(=O)C(=C)CO)cc(-c2ccc(OCc3ccc(CCCCC(F)(F)F)cc3)cc2)c1. The zero-order chi connectivity index (χ0) is 33.5. The third-order valence-corrected chi connectivity index (χ3v) is 6.46. The Bertz CT molecular complexity index is 1410. The lowest BCUT2D eigenvalue weighted by molar-refractivity contribution is -0.146. The summed E-state index contributed by atoms with van der Waals surface area (Å²) in [4.78, 5) is 23.5. The van der Waals surface area contributed by atoms with Crippen molar-refractivity contribution >= 4 is 11.9 Å². The minimum atomic E-state index is -4.12. The highest BCUT2D eigenvalue weighted by Crippen LogP contribution is 2.31. The lowest BCUT2D eigenvalue weighted by atomic mass is 10.0. The number of aliphatic hydroxyl groups excluding tert-OH is 2. The molecule has 0 fully saturated rings. The molecule has 246 valence electrons. The van der Waals surface area contributed by atoms with Crippen LogP contribution in [0, 0.1) is 0 Å². The van der Waals surface area contributed by atoms with E-state index in [2.05, 4.69) is 13.2 Å². The molecule has 0 atom stereocenters. The van der Waals surface area contributed by atoms with Gasteiger partial charge in [-0.15, -0.1) is 0 Å². The molecular weight excluding hydrogens is 609 g/mol. The highest BCUT2D eigenvalue weighted by atomic mass is 19.4. The Balaban J connectivity index is 1.62. The third kappa shape index (κ3) is 12.3. The molecule has 0 aliphatic carbocycles. The molecule has 0 aromatic heterocycles. The molecule has 0 heterocycles. The molecule has 3 aromatic rings. The van der Waals surface area contributed by atoms with Gasteiger partial charge in [0.05, 0.1) is 24.4 Å². The van der Waals surface area contributed by atoms with Crippen LogP contribution < -0.4 is 14.2 Å². The quantitative estimate of drug-likeness (QED) is 0.0737. The number of benzene rings is 3. The van der Waals surface area contributed by atoms with Gasteiger partial charge in [-0.2, -0.15) is 13.2 Å². The lowest BCUT2D eigenvalue weighted by Gasteiger charge is -2.14. The van der Waals surface area contributed by atoms with E-state index in [0.29, 0.717) is 24.2 Å². The van der Waals surface area contributed by atoms with Crippen LogP contribution in [-0.4, -0.2) is 55.1 Å². The summed E-state index contributed by atoms with van der Waals surface area (Å²) in [5.74, 6) is -0.541. The number of hydrogen-bond acceptors (Lipinski definition) is 9. The maximum absolute atomic E-state index is 12.3. The fourth-order valence-corrected chi connectivity index (χ4v) is 3.91. The molecule has 0 spiro atoms. The monoisotopic (exact) mass is 644 g/mol. The van der Waals surface area contributed by atoms with Crippen LogP contribution >= 0.6 is 0 Å². The molecule has 0 unspecified atom stereocenters. The summed E-state index contributed by atoms with van der Waals surface area (Å²) in [7, 11) is 0. The van der Waals surface area contributed by atoms with Gasteiger partial charge in [-0.05, 0) is 65.8 Å². The van der Waals surface area contributed by atoms with E-state index in [1.54, 1.807) is 36.4 Å². The zero-order valence-corrected chi connectivity index (χ0v) is 25.0. The summed E-state index contributed by atoms with van der Waals surface area (Å²) in [5, 5.41) is 18.0. The first kappa shape index (κ1) is 35.7. The number of rotatable bonds is 18. The average molecular weight is 645 g/mol. The van der Waals surface area contributed by atoms with Crippen LogP contribution in [0.5, 0.6) is 17.2 Å². The van der Waals surface area contributed by atoms with E-state index >= 15 is 0 Å². The molecule has 0 bridgehead atoms. The minimum Gasteiger partial charge on any atom is -0.489 e. The van der Waals surface area contributed by atoms with Crippen molar-refractivity contribution in [3.8, 4) is 28.4 Å². The van der Waals surface area contributed by atoms with E-state index < -0.39 is 51.3 Å². The molecule has 3 rings (SSSR count).